The number of halogens is 1. The van der Waals surface area contributed by atoms with E-state index in [1.165, 1.54) is 12.1 Å². The zero-order chi connectivity index (χ0) is 19.7. The van der Waals surface area contributed by atoms with Crippen molar-refractivity contribution < 1.29 is 9.18 Å². The zero-order valence-electron chi connectivity index (χ0n) is 15.7. The van der Waals surface area contributed by atoms with Crippen LogP contribution in [0.4, 0.5) is 4.39 Å². The van der Waals surface area contributed by atoms with E-state index < -0.39 is 5.54 Å². The molecule has 0 spiro atoms. The van der Waals surface area contributed by atoms with Crippen molar-refractivity contribution in [3.8, 4) is 5.69 Å². The molecule has 1 aromatic heterocycles. The largest absolute Gasteiger partial charge is 0.343 e. The van der Waals surface area contributed by atoms with Gasteiger partial charge in [0.1, 0.15) is 5.82 Å². The maximum absolute atomic E-state index is 13.3. The number of aromatic nitrogens is 2. The molecule has 1 heterocycles. The molecule has 144 valence electrons. The first kappa shape index (κ1) is 18.2. The predicted molar refractivity (Wildman–Crippen MR) is 105 cm³/mol. The van der Waals surface area contributed by atoms with E-state index in [-0.39, 0.29) is 17.4 Å². The molecule has 3 aromatic rings. The summed E-state index contributed by atoms with van der Waals surface area (Å²) in [6, 6.07) is 13.3. The Hall–Kier alpha value is -3.15. The lowest BCUT2D eigenvalue weighted by atomic mass is 9.87. The third-order valence-electron chi connectivity index (χ3n) is 5.55. The fraction of sp³-hybridized carbons (Fsp3) is 0.273. The lowest BCUT2D eigenvalue weighted by Gasteiger charge is -2.31. The number of hydrogen-bond acceptors (Lipinski definition) is 2. The number of aromatic amines is 1. The van der Waals surface area contributed by atoms with E-state index in [4.69, 9.17) is 0 Å². The molecule has 0 saturated heterocycles. The van der Waals surface area contributed by atoms with Crippen molar-refractivity contribution in [2.75, 3.05) is 0 Å². The third kappa shape index (κ3) is 3.26. The SMILES string of the molecule is Cc1c[nH]c(=O)n1-c1ccc(C(=O)NC2(c3ccc(F)cc3)CCCC2)cc1. The first-order valence-corrected chi connectivity index (χ1v) is 9.45. The van der Waals surface area contributed by atoms with E-state index >= 15 is 0 Å². The van der Waals surface area contributed by atoms with Gasteiger partial charge in [-0.05, 0) is 61.7 Å². The van der Waals surface area contributed by atoms with Crippen LogP contribution in [-0.4, -0.2) is 15.5 Å². The molecule has 0 radical (unpaired) electrons. The Balaban J connectivity index is 1.58. The molecule has 1 amide bonds. The number of nitrogens with one attached hydrogen (secondary N) is 2. The molecule has 0 unspecified atom stereocenters. The van der Waals surface area contributed by atoms with Crippen LogP contribution in [0.2, 0.25) is 0 Å². The van der Waals surface area contributed by atoms with Gasteiger partial charge < -0.3 is 10.3 Å². The van der Waals surface area contributed by atoms with Crippen molar-refractivity contribution >= 4 is 5.91 Å². The number of carbonyl (C=O) groups excluding carboxylic acids is 1. The van der Waals surface area contributed by atoms with Gasteiger partial charge in [-0.15, -0.1) is 0 Å². The Morgan fingerprint density at radius 3 is 2.29 bits per heavy atom. The highest BCUT2D eigenvalue weighted by Gasteiger charge is 2.37. The molecule has 0 atom stereocenters. The highest BCUT2D eigenvalue weighted by molar-refractivity contribution is 5.95. The lowest BCUT2D eigenvalue weighted by Crippen LogP contribution is -2.43. The van der Waals surface area contributed by atoms with Crippen molar-refractivity contribution in [2.24, 2.45) is 0 Å². The summed E-state index contributed by atoms with van der Waals surface area (Å²) < 4.78 is 14.9. The van der Waals surface area contributed by atoms with Gasteiger partial charge in [0.05, 0.1) is 11.2 Å². The third-order valence-corrected chi connectivity index (χ3v) is 5.55. The van der Waals surface area contributed by atoms with Crippen LogP contribution in [0.1, 0.15) is 47.3 Å². The highest BCUT2D eigenvalue weighted by atomic mass is 19.1. The second-order valence-electron chi connectivity index (χ2n) is 7.37. The quantitative estimate of drug-likeness (QED) is 0.724. The zero-order valence-corrected chi connectivity index (χ0v) is 15.7. The van der Waals surface area contributed by atoms with Gasteiger partial charge in [-0.1, -0.05) is 25.0 Å². The van der Waals surface area contributed by atoms with Gasteiger partial charge in [-0.25, -0.2) is 9.18 Å². The van der Waals surface area contributed by atoms with Crippen molar-refractivity contribution in [3.63, 3.8) is 0 Å². The van der Waals surface area contributed by atoms with Crippen LogP contribution in [0.15, 0.2) is 59.5 Å². The van der Waals surface area contributed by atoms with E-state index in [1.807, 2.05) is 6.92 Å². The average molecular weight is 379 g/mol. The van der Waals surface area contributed by atoms with Crippen LogP contribution < -0.4 is 11.0 Å². The fourth-order valence-electron chi connectivity index (χ4n) is 4.06. The summed E-state index contributed by atoms with van der Waals surface area (Å²) in [5.74, 6) is -0.454. The summed E-state index contributed by atoms with van der Waals surface area (Å²) in [6.45, 7) is 1.84. The van der Waals surface area contributed by atoms with Crippen LogP contribution in [0.25, 0.3) is 5.69 Å². The van der Waals surface area contributed by atoms with Crippen molar-refractivity contribution in [1.82, 2.24) is 14.9 Å². The summed E-state index contributed by atoms with van der Waals surface area (Å²) in [5.41, 5.74) is 2.29. The number of aryl methyl sites for hydroxylation is 1. The molecule has 2 N–H and O–H groups in total. The Morgan fingerprint density at radius 1 is 1.07 bits per heavy atom. The number of hydrogen-bond donors (Lipinski definition) is 2. The number of amides is 1. The van der Waals surface area contributed by atoms with E-state index in [1.54, 1.807) is 47.2 Å². The molecular weight excluding hydrogens is 357 g/mol. The van der Waals surface area contributed by atoms with E-state index in [2.05, 4.69) is 10.3 Å². The first-order valence-electron chi connectivity index (χ1n) is 9.45. The Labute approximate surface area is 162 Å². The Kier molecular flexibility index (Phi) is 4.63. The molecule has 1 aliphatic carbocycles. The maximum Gasteiger partial charge on any atom is 0.330 e. The molecule has 28 heavy (non-hydrogen) atoms. The van der Waals surface area contributed by atoms with E-state index in [0.29, 0.717) is 11.3 Å². The maximum atomic E-state index is 13.3. The molecule has 6 heteroatoms. The monoisotopic (exact) mass is 379 g/mol. The van der Waals surface area contributed by atoms with Gasteiger partial charge in [0.2, 0.25) is 0 Å². The first-order chi connectivity index (χ1) is 13.5. The highest BCUT2D eigenvalue weighted by Crippen LogP contribution is 2.39. The van der Waals surface area contributed by atoms with Gasteiger partial charge in [-0.2, -0.15) is 0 Å². The Bertz CT molecular complexity index is 1040. The molecule has 0 bridgehead atoms. The standard InChI is InChI=1S/C22H22FN3O2/c1-15-14-24-21(28)26(15)19-10-4-16(5-11-19)20(27)25-22(12-2-3-13-22)17-6-8-18(23)9-7-17/h4-11,14H,2-3,12-13H2,1H3,(H,24,28)(H,25,27). The number of carbonyl (C=O) groups is 1. The molecule has 0 aliphatic heterocycles. The number of H-pyrrole nitrogens is 1. The van der Waals surface area contributed by atoms with Gasteiger partial charge in [0, 0.05) is 17.5 Å². The van der Waals surface area contributed by atoms with Gasteiger partial charge in [0.25, 0.3) is 5.91 Å². The summed E-state index contributed by atoms with van der Waals surface area (Å²) in [6.07, 6.45) is 5.36. The topological polar surface area (TPSA) is 66.9 Å². The molecule has 1 fully saturated rings. The van der Waals surface area contributed by atoms with Crippen LogP contribution in [0, 0.1) is 12.7 Å². The fourth-order valence-corrected chi connectivity index (χ4v) is 4.06. The van der Waals surface area contributed by atoms with Gasteiger partial charge in [-0.3, -0.25) is 9.36 Å². The van der Waals surface area contributed by atoms with Gasteiger partial charge in [0.15, 0.2) is 0 Å². The second-order valence-corrected chi connectivity index (χ2v) is 7.37. The van der Waals surface area contributed by atoms with E-state index in [0.717, 1.165) is 36.9 Å². The van der Waals surface area contributed by atoms with Crippen molar-refractivity contribution in [1.29, 1.82) is 0 Å². The minimum atomic E-state index is -0.461. The second kappa shape index (κ2) is 7.11. The lowest BCUT2D eigenvalue weighted by molar-refractivity contribution is 0.0898. The molecule has 5 nitrogen and oxygen atoms in total. The normalized spacial score (nSPS) is 15.5. The number of nitrogens with zero attached hydrogens (tertiary/aromatic N) is 1. The number of rotatable bonds is 4. The van der Waals surface area contributed by atoms with Crippen LogP contribution in [0.5, 0.6) is 0 Å². The van der Waals surface area contributed by atoms with E-state index in [9.17, 15) is 14.0 Å². The minimum Gasteiger partial charge on any atom is -0.343 e. The molecule has 4 rings (SSSR count). The minimum absolute atomic E-state index is 0.170. The van der Waals surface area contributed by atoms with Crippen LogP contribution in [0.3, 0.4) is 0 Å². The summed E-state index contributed by atoms with van der Waals surface area (Å²) in [5, 5.41) is 3.19. The molecule has 1 saturated carbocycles. The van der Waals surface area contributed by atoms with Gasteiger partial charge >= 0.3 is 5.69 Å². The molecule has 2 aromatic carbocycles. The smallest absolute Gasteiger partial charge is 0.330 e. The van der Waals surface area contributed by atoms with Crippen molar-refractivity contribution in [3.05, 3.63) is 87.9 Å². The average Bonchev–Trinajstić information content (AvgIpc) is 3.30. The van der Waals surface area contributed by atoms with Crippen LogP contribution in [-0.2, 0) is 5.54 Å². The predicted octanol–water partition coefficient (Wildman–Crippen LogP) is 3.81. The van der Waals surface area contributed by atoms with Crippen LogP contribution >= 0.6 is 0 Å². The summed E-state index contributed by atoms with van der Waals surface area (Å²) >= 11 is 0. The number of imidazole rings is 1. The Morgan fingerprint density at radius 2 is 1.71 bits per heavy atom. The molecular formula is C22H22FN3O2. The summed E-state index contributed by atoms with van der Waals surface area (Å²) in [7, 11) is 0. The number of benzene rings is 2. The van der Waals surface area contributed by atoms with Crippen molar-refractivity contribution in [2.45, 2.75) is 38.1 Å². The summed E-state index contributed by atoms with van der Waals surface area (Å²) in [4.78, 5) is 27.5. The molecule has 1 aliphatic rings.